The molecule has 0 aromatic heterocycles. The number of nitrogens with two attached hydrogens (primary N) is 1. The van der Waals surface area contributed by atoms with Crippen molar-refractivity contribution in [1.29, 1.82) is 0 Å². The van der Waals surface area contributed by atoms with Gasteiger partial charge in [-0.3, -0.25) is 0 Å². The molecule has 1 aromatic rings. The smallest absolute Gasteiger partial charge is 0.344 e. The lowest BCUT2D eigenvalue weighted by atomic mass is 10.1. The number of nitrogen functional groups attached to an aromatic ring is 1. The summed E-state index contributed by atoms with van der Waals surface area (Å²) in [4.78, 5) is 12.1. The molecular formula is C14H19NO4. The molecule has 1 fully saturated rings. The molecule has 0 spiro atoms. The molecule has 19 heavy (non-hydrogen) atoms. The van der Waals surface area contributed by atoms with E-state index >= 15 is 0 Å². The average Bonchev–Trinajstić information content (AvgIpc) is 2.90. The second-order valence-corrected chi connectivity index (χ2v) is 4.39. The van der Waals surface area contributed by atoms with Crippen molar-refractivity contribution in [2.45, 2.75) is 25.9 Å². The van der Waals surface area contributed by atoms with E-state index in [1.807, 2.05) is 6.92 Å². The summed E-state index contributed by atoms with van der Waals surface area (Å²) in [6.07, 6.45) is 1.94. The highest BCUT2D eigenvalue weighted by molar-refractivity contribution is 5.98. The number of carbonyl (C=O) groups excluding carboxylic acids is 1. The summed E-state index contributed by atoms with van der Waals surface area (Å²) in [6.45, 7) is 3.32. The number of ether oxygens (including phenoxy) is 3. The molecular weight excluding hydrogens is 246 g/mol. The van der Waals surface area contributed by atoms with E-state index in [0.717, 1.165) is 19.4 Å². The van der Waals surface area contributed by atoms with Gasteiger partial charge in [0.05, 0.1) is 12.7 Å². The molecule has 0 aliphatic carbocycles. The Balaban J connectivity index is 2.04. The normalized spacial score (nSPS) is 18.3. The van der Waals surface area contributed by atoms with Crippen LogP contribution in [0.1, 0.15) is 30.1 Å². The third-order valence-corrected chi connectivity index (χ3v) is 2.99. The van der Waals surface area contributed by atoms with Crippen LogP contribution in [0.4, 0.5) is 5.69 Å². The molecule has 2 N–H and O–H groups in total. The van der Waals surface area contributed by atoms with Gasteiger partial charge in [0.1, 0.15) is 17.9 Å². The zero-order chi connectivity index (χ0) is 13.7. The predicted molar refractivity (Wildman–Crippen MR) is 71.3 cm³/mol. The van der Waals surface area contributed by atoms with Gasteiger partial charge in [0, 0.05) is 12.3 Å². The summed E-state index contributed by atoms with van der Waals surface area (Å²) in [6, 6.07) is 5.12. The van der Waals surface area contributed by atoms with Gasteiger partial charge < -0.3 is 19.9 Å². The molecule has 0 radical (unpaired) electrons. The Bertz CT molecular complexity index is 441. The van der Waals surface area contributed by atoms with Gasteiger partial charge in [0.25, 0.3) is 0 Å². The van der Waals surface area contributed by atoms with E-state index < -0.39 is 5.97 Å². The molecule has 0 amide bonds. The summed E-state index contributed by atoms with van der Waals surface area (Å²) in [5.41, 5.74) is 6.48. The predicted octanol–water partition coefficient (Wildman–Crippen LogP) is 2.00. The largest absolute Gasteiger partial charge is 0.493 e. The van der Waals surface area contributed by atoms with Gasteiger partial charge in [-0.1, -0.05) is 6.07 Å². The summed E-state index contributed by atoms with van der Waals surface area (Å²) in [5, 5.41) is 0. The number of anilines is 1. The summed E-state index contributed by atoms with van der Waals surface area (Å²) < 4.78 is 16.1. The van der Waals surface area contributed by atoms with E-state index in [2.05, 4.69) is 0 Å². The maximum absolute atomic E-state index is 12.1. The summed E-state index contributed by atoms with van der Waals surface area (Å²) in [5.74, 6) is -0.00288. The fourth-order valence-corrected chi connectivity index (χ4v) is 2.06. The van der Waals surface area contributed by atoms with Crippen LogP contribution in [0.25, 0.3) is 0 Å². The third kappa shape index (κ3) is 3.38. The fourth-order valence-electron chi connectivity index (χ4n) is 2.06. The SMILES string of the molecule is CCOc1cccc(N)c1C(=O)OCC1CCCO1. The van der Waals surface area contributed by atoms with Crippen molar-refractivity contribution in [2.75, 3.05) is 25.6 Å². The first-order valence-electron chi connectivity index (χ1n) is 6.52. The second kappa shape index (κ2) is 6.43. The number of hydrogen-bond acceptors (Lipinski definition) is 5. The van der Waals surface area contributed by atoms with Crippen molar-refractivity contribution in [2.24, 2.45) is 0 Å². The molecule has 0 bridgehead atoms. The van der Waals surface area contributed by atoms with E-state index in [1.165, 1.54) is 0 Å². The minimum absolute atomic E-state index is 0.00410. The third-order valence-electron chi connectivity index (χ3n) is 2.99. The second-order valence-electron chi connectivity index (χ2n) is 4.39. The molecule has 1 heterocycles. The lowest BCUT2D eigenvalue weighted by Gasteiger charge is -2.14. The molecule has 1 unspecified atom stereocenters. The molecule has 104 valence electrons. The lowest BCUT2D eigenvalue weighted by Crippen LogP contribution is -2.19. The summed E-state index contributed by atoms with van der Waals surface area (Å²) in [7, 11) is 0. The molecule has 5 heteroatoms. The van der Waals surface area contributed by atoms with Crippen LogP contribution in [0.3, 0.4) is 0 Å². The van der Waals surface area contributed by atoms with Crippen LogP contribution in [0.15, 0.2) is 18.2 Å². The highest BCUT2D eigenvalue weighted by Gasteiger charge is 2.21. The van der Waals surface area contributed by atoms with Crippen LogP contribution in [-0.2, 0) is 9.47 Å². The molecule has 1 aromatic carbocycles. The van der Waals surface area contributed by atoms with E-state index in [9.17, 15) is 4.79 Å². The molecule has 2 rings (SSSR count). The lowest BCUT2D eigenvalue weighted by molar-refractivity contribution is 0.0159. The quantitative estimate of drug-likeness (QED) is 0.651. The van der Waals surface area contributed by atoms with E-state index in [0.29, 0.717) is 23.6 Å². The Morgan fingerprint density at radius 3 is 3.05 bits per heavy atom. The van der Waals surface area contributed by atoms with Crippen LogP contribution >= 0.6 is 0 Å². The number of carbonyl (C=O) groups is 1. The Kier molecular flexibility index (Phi) is 4.63. The monoisotopic (exact) mass is 265 g/mol. The van der Waals surface area contributed by atoms with Gasteiger partial charge >= 0.3 is 5.97 Å². The first kappa shape index (κ1) is 13.7. The van der Waals surface area contributed by atoms with E-state index in [-0.39, 0.29) is 12.7 Å². The van der Waals surface area contributed by atoms with Crippen molar-refractivity contribution < 1.29 is 19.0 Å². The fraction of sp³-hybridized carbons (Fsp3) is 0.500. The van der Waals surface area contributed by atoms with Crippen molar-refractivity contribution in [1.82, 2.24) is 0 Å². The van der Waals surface area contributed by atoms with Crippen molar-refractivity contribution in [3.63, 3.8) is 0 Å². The maximum Gasteiger partial charge on any atom is 0.344 e. The molecule has 5 nitrogen and oxygen atoms in total. The van der Waals surface area contributed by atoms with Gasteiger partial charge in [-0.15, -0.1) is 0 Å². The van der Waals surface area contributed by atoms with Crippen molar-refractivity contribution in [3.8, 4) is 5.75 Å². The van der Waals surface area contributed by atoms with Crippen LogP contribution in [0.5, 0.6) is 5.75 Å². The Hall–Kier alpha value is -1.75. The maximum atomic E-state index is 12.1. The minimum atomic E-state index is -0.461. The number of hydrogen-bond donors (Lipinski definition) is 1. The first-order valence-corrected chi connectivity index (χ1v) is 6.52. The first-order chi connectivity index (χ1) is 9.22. The Labute approximate surface area is 112 Å². The van der Waals surface area contributed by atoms with E-state index in [4.69, 9.17) is 19.9 Å². The minimum Gasteiger partial charge on any atom is -0.493 e. The number of esters is 1. The Morgan fingerprint density at radius 2 is 2.37 bits per heavy atom. The van der Waals surface area contributed by atoms with Crippen molar-refractivity contribution >= 4 is 11.7 Å². The van der Waals surface area contributed by atoms with E-state index in [1.54, 1.807) is 18.2 Å². The zero-order valence-electron chi connectivity index (χ0n) is 11.1. The Morgan fingerprint density at radius 1 is 1.53 bits per heavy atom. The standard InChI is InChI=1S/C14H19NO4/c1-2-17-12-7-3-6-11(15)13(12)14(16)19-9-10-5-4-8-18-10/h3,6-7,10H,2,4-5,8-9,15H2,1H3. The zero-order valence-corrected chi connectivity index (χ0v) is 11.1. The van der Waals surface area contributed by atoms with Crippen LogP contribution < -0.4 is 10.5 Å². The van der Waals surface area contributed by atoms with Crippen LogP contribution in [0.2, 0.25) is 0 Å². The number of rotatable bonds is 5. The topological polar surface area (TPSA) is 70.8 Å². The van der Waals surface area contributed by atoms with Crippen molar-refractivity contribution in [3.05, 3.63) is 23.8 Å². The van der Waals surface area contributed by atoms with Gasteiger partial charge in [0.2, 0.25) is 0 Å². The van der Waals surface area contributed by atoms with Crippen LogP contribution in [0, 0.1) is 0 Å². The molecule has 1 atom stereocenters. The highest BCUT2D eigenvalue weighted by atomic mass is 16.6. The average molecular weight is 265 g/mol. The van der Waals surface area contributed by atoms with Gasteiger partial charge in [-0.05, 0) is 31.9 Å². The van der Waals surface area contributed by atoms with Crippen LogP contribution in [-0.4, -0.2) is 31.9 Å². The molecule has 1 aliphatic heterocycles. The van der Waals surface area contributed by atoms with Gasteiger partial charge in [0.15, 0.2) is 0 Å². The van der Waals surface area contributed by atoms with Gasteiger partial charge in [-0.25, -0.2) is 4.79 Å². The molecule has 1 saturated heterocycles. The molecule has 0 saturated carbocycles. The highest BCUT2D eigenvalue weighted by Crippen LogP contribution is 2.25. The van der Waals surface area contributed by atoms with Gasteiger partial charge in [-0.2, -0.15) is 0 Å². The molecule has 1 aliphatic rings. The number of benzene rings is 1. The summed E-state index contributed by atoms with van der Waals surface area (Å²) >= 11 is 0.